The number of rotatable bonds is 8. The molecule has 2 amide bonds. The first-order valence-corrected chi connectivity index (χ1v) is 10.7. The highest BCUT2D eigenvalue weighted by atomic mass is 16.5. The first-order valence-electron chi connectivity index (χ1n) is 10.7. The summed E-state index contributed by atoms with van der Waals surface area (Å²) in [6.07, 6.45) is 0. The lowest BCUT2D eigenvalue weighted by atomic mass is 9.99. The molecule has 0 aliphatic carbocycles. The van der Waals surface area contributed by atoms with Gasteiger partial charge in [-0.3, -0.25) is 14.4 Å². The van der Waals surface area contributed by atoms with E-state index in [4.69, 9.17) is 4.74 Å². The summed E-state index contributed by atoms with van der Waals surface area (Å²) in [4.78, 5) is 40.3. The third kappa shape index (κ3) is 4.57. The van der Waals surface area contributed by atoms with Gasteiger partial charge < -0.3 is 14.7 Å². The monoisotopic (exact) mass is 436 g/mol. The van der Waals surface area contributed by atoms with Crippen molar-refractivity contribution in [1.82, 2.24) is 4.90 Å². The topological polar surface area (TPSA) is 87.2 Å². The molecule has 1 aliphatic heterocycles. The summed E-state index contributed by atoms with van der Waals surface area (Å²) in [7, 11) is 0. The van der Waals surface area contributed by atoms with Crippen molar-refractivity contribution >= 4 is 34.6 Å². The Morgan fingerprint density at radius 1 is 1.03 bits per heavy atom. The Hall–Kier alpha value is -3.45. The molecule has 0 radical (unpaired) electrons. The second-order valence-corrected chi connectivity index (χ2v) is 7.57. The molecule has 0 atom stereocenters. The number of hydrogen-bond acceptors (Lipinski definition) is 6. The summed E-state index contributed by atoms with van der Waals surface area (Å²) in [5.41, 5.74) is 1.46. The number of benzene rings is 2. The standard InChI is InChI=1S/C25H28N2O5/c1-5-26(6-2)12-13-32-20-9-7-8-19(14-20)24(30)23-21-15-18(16(3)28)10-11-22(21)27(17(4)29)25(23)31/h7-11,14-15,30H,5-6,12-13H2,1-4H3. The molecule has 1 N–H and O–H groups in total. The van der Waals surface area contributed by atoms with Crippen molar-refractivity contribution in [3.8, 4) is 5.75 Å². The Kier molecular flexibility index (Phi) is 7.10. The van der Waals surface area contributed by atoms with Gasteiger partial charge in [0.15, 0.2) is 5.78 Å². The average molecular weight is 437 g/mol. The third-order valence-corrected chi connectivity index (χ3v) is 5.56. The number of ketones is 1. The SMILES string of the molecule is CCN(CC)CCOc1cccc(C(O)=C2C(=O)N(C(C)=O)c3ccc(C(C)=O)cc32)c1. The largest absolute Gasteiger partial charge is 0.506 e. The molecular weight excluding hydrogens is 408 g/mol. The number of nitrogens with zero attached hydrogens (tertiary/aromatic N) is 2. The van der Waals surface area contributed by atoms with Gasteiger partial charge in [0, 0.05) is 30.2 Å². The Bertz CT molecular complexity index is 1090. The minimum Gasteiger partial charge on any atom is -0.506 e. The van der Waals surface area contributed by atoms with Crippen molar-refractivity contribution in [2.45, 2.75) is 27.7 Å². The summed E-state index contributed by atoms with van der Waals surface area (Å²) in [6, 6.07) is 11.5. The summed E-state index contributed by atoms with van der Waals surface area (Å²) >= 11 is 0. The van der Waals surface area contributed by atoms with Gasteiger partial charge in [-0.1, -0.05) is 26.0 Å². The van der Waals surface area contributed by atoms with Gasteiger partial charge in [-0.2, -0.15) is 0 Å². The summed E-state index contributed by atoms with van der Waals surface area (Å²) in [6.45, 7) is 10.0. The predicted octanol–water partition coefficient (Wildman–Crippen LogP) is 3.93. The average Bonchev–Trinajstić information content (AvgIpc) is 3.07. The van der Waals surface area contributed by atoms with Crippen molar-refractivity contribution in [3.05, 3.63) is 59.2 Å². The van der Waals surface area contributed by atoms with Crippen LogP contribution in [-0.4, -0.2) is 53.8 Å². The number of aliphatic hydroxyl groups excluding tert-OH is 1. The number of carbonyl (C=O) groups is 3. The van der Waals surface area contributed by atoms with Crippen LogP contribution < -0.4 is 9.64 Å². The zero-order chi connectivity index (χ0) is 23.4. The van der Waals surface area contributed by atoms with E-state index in [9.17, 15) is 19.5 Å². The molecule has 0 fully saturated rings. The van der Waals surface area contributed by atoms with E-state index in [2.05, 4.69) is 18.7 Å². The molecule has 2 aromatic rings. The molecule has 3 rings (SSSR count). The van der Waals surface area contributed by atoms with Gasteiger partial charge in [-0.05, 0) is 50.3 Å². The fourth-order valence-corrected chi connectivity index (χ4v) is 3.74. The van der Waals surface area contributed by atoms with Crippen LogP contribution in [0.4, 0.5) is 5.69 Å². The third-order valence-electron chi connectivity index (χ3n) is 5.56. The number of Topliss-reactive ketones (excluding diaryl/α,β-unsaturated/α-hetero) is 1. The predicted molar refractivity (Wildman–Crippen MR) is 124 cm³/mol. The molecule has 2 aromatic carbocycles. The Balaban J connectivity index is 1.99. The Morgan fingerprint density at radius 3 is 2.38 bits per heavy atom. The van der Waals surface area contributed by atoms with Crippen molar-refractivity contribution in [1.29, 1.82) is 0 Å². The summed E-state index contributed by atoms with van der Waals surface area (Å²) in [5, 5.41) is 11.1. The molecule has 0 aromatic heterocycles. The molecule has 7 heteroatoms. The van der Waals surface area contributed by atoms with Crippen LogP contribution in [0.1, 0.15) is 49.2 Å². The maximum Gasteiger partial charge on any atom is 0.269 e. The molecule has 0 saturated carbocycles. The minimum absolute atomic E-state index is 0.0152. The number of fused-ring (bicyclic) bond motifs is 1. The highest BCUT2D eigenvalue weighted by Gasteiger charge is 2.38. The molecule has 7 nitrogen and oxygen atoms in total. The van der Waals surface area contributed by atoms with Crippen LogP contribution in [-0.2, 0) is 9.59 Å². The normalized spacial score (nSPS) is 14.5. The zero-order valence-electron chi connectivity index (χ0n) is 18.8. The Morgan fingerprint density at radius 2 is 1.75 bits per heavy atom. The second kappa shape index (κ2) is 9.78. The number of amides is 2. The number of ether oxygens (including phenoxy) is 1. The summed E-state index contributed by atoms with van der Waals surface area (Å²) < 4.78 is 5.83. The van der Waals surface area contributed by atoms with E-state index >= 15 is 0 Å². The fraction of sp³-hybridized carbons (Fsp3) is 0.320. The van der Waals surface area contributed by atoms with Gasteiger partial charge >= 0.3 is 0 Å². The molecule has 32 heavy (non-hydrogen) atoms. The van der Waals surface area contributed by atoms with E-state index in [0.29, 0.717) is 34.7 Å². The van der Waals surface area contributed by atoms with Crippen molar-refractivity contribution in [2.24, 2.45) is 0 Å². The fourth-order valence-electron chi connectivity index (χ4n) is 3.74. The summed E-state index contributed by atoms with van der Waals surface area (Å²) in [5.74, 6) is -0.978. The minimum atomic E-state index is -0.626. The highest BCUT2D eigenvalue weighted by molar-refractivity contribution is 6.42. The van der Waals surface area contributed by atoms with Crippen LogP contribution in [0.25, 0.3) is 11.3 Å². The maximum atomic E-state index is 13.1. The van der Waals surface area contributed by atoms with Crippen LogP contribution in [0.5, 0.6) is 5.75 Å². The molecule has 0 saturated heterocycles. The number of imide groups is 1. The molecule has 1 aliphatic rings. The molecular formula is C25H28N2O5. The van der Waals surface area contributed by atoms with Crippen LogP contribution in [0, 0.1) is 0 Å². The maximum absolute atomic E-state index is 13.1. The highest BCUT2D eigenvalue weighted by Crippen LogP contribution is 2.41. The number of hydrogen-bond donors (Lipinski definition) is 1. The number of carbonyl (C=O) groups excluding carboxylic acids is 3. The quantitative estimate of drug-likeness (QED) is 0.383. The number of anilines is 1. The Labute approximate surface area is 187 Å². The van der Waals surface area contributed by atoms with E-state index < -0.39 is 11.8 Å². The van der Waals surface area contributed by atoms with E-state index in [1.54, 1.807) is 36.4 Å². The number of aliphatic hydroxyl groups is 1. The van der Waals surface area contributed by atoms with E-state index in [1.165, 1.54) is 19.9 Å². The van der Waals surface area contributed by atoms with E-state index in [1.807, 2.05) is 0 Å². The van der Waals surface area contributed by atoms with Crippen LogP contribution >= 0.6 is 0 Å². The lowest BCUT2D eigenvalue weighted by Gasteiger charge is -2.18. The van der Waals surface area contributed by atoms with Crippen molar-refractivity contribution in [2.75, 3.05) is 31.1 Å². The van der Waals surface area contributed by atoms with Crippen molar-refractivity contribution in [3.63, 3.8) is 0 Å². The zero-order valence-corrected chi connectivity index (χ0v) is 18.8. The first-order chi connectivity index (χ1) is 15.3. The second-order valence-electron chi connectivity index (χ2n) is 7.57. The molecule has 168 valence electrons. The van der Waals surface area contributed by atoms with Gasteiger partial charge in [0.1, 0.15) is 18.1 Å². The van der Waals surface area contributed by atoms with Crippen molar-refractivity contribution < 1.29 is 24.2 Å². The van der Waals surface area contributed by atoms with Gasteiger partial charge in [0.25, 0.3) is 5.91 Å². The molecule has 0 unspecified atom stereocenters. The smallest absolute Gasteiger partial charge is 0.269 e. The van der Waals surface area contributed by atoms with Gasteiger partial charge in [0.05, 0.1) is 11.3 Å². The molecule has 0 bridgehead atoms. The first kappa shape index (κ1) is 23.2. The van der Waals surface area contributed by atoms with Crippen LogP contribution in [0.3, 0.4) is 0 Å². The van der Waals surface area contributed by atoms with Gasteiger partial charge in [-0.15, -0.1) is 0 Å². The lowest BCUT2D eigenvalue weighted by molar-refractivity contribution is -0.122. The van der Waals surface area contributed by atoms with Crippen LogP contribution in [0.2, 0.25) is 0 Å². The lowest BCUT2D eigenvalue weighted by Crippen LogP contribution is -2.31. The van der Waals surface area contributed by atoms with Crippen LogP contribution in [0.15, 0.2) is 42.5 Å². The van der Waals surface area contributed by atoms with E-state index in [0.717, 1.165) is 24.5 Å². The number of likely N-dealkylation sites (N-methyl/N-ethyl adjacent to an activating group) is 1. The molecule has 1 heterocycles. The molecule has 0 spiro atoms. The van der Waals surface area contributed by atoms with Gasteiger partial charge in [-0.25, -0.2) is 4.90 Å². The van der Waals surface area contributed by atoms with E-state index in [-0.39, 0.29) is 17.1 Å². The van der Waals surface area contributed by atoms with Gasteiger partial charge in [0.2, 0.25) is 5.91 Å².